The van der Waals surface area contributed by atoms with Crippen molar-refractivity contribution in [2.24, 2.45) is 0 Å². The molecule has 25 heavy (non-hydrogen) atoms. The normalized spacial score (nSPS) is 15.7. The molecule has 1 atom stereocenters. The maximum Gasteiger partial charge on any atom is 0.342 e. The number of aromatic nitrogens is 1. The second-order valence-electron chi connectivity index (χ2n) is 5.80. The molecule has 7 heteroatoms. The Morgan fingerprint density at radius 2 is 1.92 bits per heavy atom. The number of hydrogen-bond donors (Lipinski definition) is 2. The molecule has 0 saturated carbocycles. The average molecular weight is 357 g/mol. The van der Waals surface area contributed by atoms with E-state index in [2.05, 4.69) is 0 Å². The van der Waals surface area contributed by atoms with Gasteiger partial charge in [0.25, 0.3) is 0 Å². The number of rotatable bonds is 2. The van der Waals surface area contributed by atoms with Gasteiger partial charge in [0.1, 0.15) is 17.1 Å². The van der Waals surface area contributed by atoms with Crippen LogP contribution in [0.15, 0.2) is 46.2 Å². The van der Waals surface area contributed by atoms with Crippen LogP contribution in [0.5, 0.6) is 5.75 Å². The largest absolute Gasteiger partial charge is 0.508 e. The number of carboxylic acids is 1. The van der Waals surface area contributed by atoms with E-state index in [1.807, 2.05) is 6.92 Å². The number of carbonyl (C=O) groups is 1. The molecule has 0 spiro atoms. The minimum atomic E-state index is -1.31. The van der Waals surface area contributed by atoms with Gasteiger partial charge in [-0.2, -0.15) is 0 Å². The summed E-state index contributed by atoms with van der Waals surface area (Å²) in [5.41, 5.74) is 0.354. The number of benzene rings is 2. The van der Waals surface area contributed by atoms with E-state index >= 15 is 0 Å². The number of phenolic OH excluding ortho intramolecular Hbond substituents is 1. The van der Waals surface area contributed by atoms with Crippen molar-refractivity contribution in [1.82, 2.24) is 4.57 Å². The van der Waals surface area contributed by atoms with Crippen LogP contribution in [0.2, 0.25) is 0 Å². The van der Waals surface area contributed by atoms with Gasteiger partial charge in [0, 0.05) is 10.9 Å². The van der Waals surface area contributed by atoms with E-state index in [1.54, 1.807) is 22.8 Å². The average Bonchev–Trinajstić information content (AvgIpc) is 2.55. The molecule has 0 saturated heterocycles. The number of nitrogens with zero attached hydrogens (tertiary/aromatic N) is 1. The van der Waals surface area contributed by atoms with Gasteiger partial charge in [-0.3, -0.25) is 4.79 Å². The summed E-state index contributed by atoms with van der Waals surface area (Å²) in [6.07, 6.45) is 0. The van der Waals surface area contributed by atoms with Crippen LogP contribution in [0.4, 0.5) is 4.39 Å². The van der Waals surface area contributed by atoms with Crippen LogP contribution in [0.3, 0.4) is 0 Å². The molecule has 0 aliphatic carbocycles. The summed E-state index contributed by atoms with van der Waals surface area (Å²) in [4.78, 5) is 24.0. The molecular weight excluding hydrogens is 345 g/mol. The van der Waals surface area contributed by atoms with Crippen molar-refractivity contribution >= 4 is 28.6 Å². The third-order valence-corrected chi connectivity index (χ3v) is 5.46. The molecule has 0 radical (unpaired) electrons. The molecule has 0 fully saturated rings. The van der Waals surface area contributed by atoms with E-state index in [0.29, 0.717) is 16.1 Å². The number of hydrogen-bond acceptors (Lipinski definition) is 4. The second kappa shape index (κ2) is 5.35. The number of carboxylic acid groups (broad SMARTS) is 1. The number of aromatic carboxylic acids is 1. The Kier molecular flexibility index (Phi) is 3.36. The maximum atomic E-state index is 14.6. The highest BCUT2D eigenvalue weighted by atomic mass is 32.2. The molecule has 0 bridgehead atoms. The number of aromatic hydroxyl groups is 1. The zero-order valence-electron chi connectivity index (χ0n) is 13.0. The van der Waals surface area contributed by atoms with Gasteiger partial charge < -0.3 is 14.8 Å². The molecule has 2 N–H and O–H groups in total. The Hall–Kier alpha value is -2.80. The summed E-state index contributed by atoms with van der Waals surface area (Å²) < 4.78 is 16.3. The van der Waals surface area contributed by atoms with Gasteiger partial charge in [0.15, 0.2) is 0 Å². The fourth-order valence-electron chi connectivity index (χ4n) is 3.10. The van der Waals surface area contributed by atoms with E-state index in [1.165, 1.54) is 23.9 Å². The van der Waals surface area contributed by atoms with Crippen molar-refractivity contribution in [3.05, 3.63) is 58.0 Å². The zero-order valence-corrected chi connectivity index (χ0v) is 13.8. The van der Waals surface area contributed by atoms with Crippen molar-refractivity contribution in [1.29, 1.82) is 0 Å². The Labute approximate surface area is 145 Å². The van der Waals surface area contributed by atoms with Gasteiger partial charge in [0.05, 0.1) is 15.9 Å². The van der Waals surface area contributed by atoms with Gasteiger partial charge in [-0.25, -0.2) is 9.18 Å². The van der Waals surface area contributed by atoms with E-state index in [9.17, 15) is 24.2 Å². The maximum absolute atomic E-state index is 14.6. The predicted molar refractivity (Wildman–Crippen MR) is 92.8 cm³/mol. The van der Waals surface area contributed by atoms with Crippen molar-refractivity contribution in [3.8, 4) is 16.9 Å². The Balaban J connectivity index is 2.07. The fraction of sp³-hybridized carbons (Fsp3) is 0.111. The van der Waals surface area contributed by atoms with E-state index in [4.69, 9.17) is 0 Å². The van der Waals surface area contributed by atoms with Crippen molar-refractivity contribution in [2.45, 2.75) is 17.3 Å². The number of pyridine rings is 1. The van der Waals surface area contributed by atoms with Gasteiger partial charge in [-0.15, -0.1) is 0 Å². The summed E-state index contributed by atoms with van der Waals surface area (Å²) in [6, 6.07) is 8.72. The Bertz CT molecular complexity index is 1100. The summed E-state index contributed by atoms with van der Waals surface area (Å²) >= 11 is 1.30. The van der Waals surface area contributed by atoms with Crippen LogP contribution in [-0.2, 0) is 0 Å². The van der Waals surface area contributed by atoms with Crippen molar-refractivity contribution in [3.63, 3.8) is 0 Å². The topological polar surface area (TPSA) is 79.5 Å². The summed E-state index contributed by atoms with van der Waals surface area (Å²) in [7, 11) is 0. The quantitative estimate of drug-likeness (QED) is 0.729. The van der Waals surface area contributed by atoms with Crippen molar-refractivity contribution in [2.75, 3.05) is 0 Å². The smallest absolute Gasteiger partial charge is 0.342 e. The lowest BCUT2D eigenvalue weighted by Gasteiger charge is -2.32. The van der Waals surface area contributed by atoms with Crippen LogP contribution >= 0.6 is 11.8 Å². The summed E-state index contributed by atoms with van der Waals surface area (Å²) in [5, 5.41) is 19.1. The lowest BCUT2D eigenvalue weighted by atomic mass is 10.0. The number of halogens is 1. The van der Waals surface area contributed by atoms with Crippen LogP contribution in [0, 0.1) is 5.82 Å². The zero-order chi connectivity index (χ0) is 17.9. The lowest BCUT2D eigenvalue weighted by Crippen LogP contribution is -2.28. The van der Waals surface area contributed by atoms with Gasteiger partial charge >= 0.3 is 5.97 Å². The first-order valence-corrected chi connectivity index (χ1v) is 8.37. The van der Waals surface area contributed by atoms with Gasteiger partial charge in [0.2, 0.25) is 5.43 Å². The van der Waals surface area contributed by atoms with Crippen molar-refractivity contribution < 1.29 is 19.4 Å². The predicted octanol–water partition coefficient (Wildman–Crippen LogP) is 3.84. The van der Waals surface area contributed by atoms with E-state index in [-0.39, 0.29) is 27.6 Å². The van der Waals surface area contributed by atoms with E-state index in [0.717, 1.165) is 6.07 Å². The molecule has 3 aromatic rings. The monoisotopic (exact) mass is 357 g/mol. The van der Waals surface area contributed by atoms with Crippen LogP contribution in [-0.4, -0.2) is 20.7 Å². The first kappa shape index (κ1) is 15.7. The molecule has 5 nitrogen and oxygen atoms in total. The number of fused-ring (bicyclic) bond motifs is 3. The first-order chi connectivity index (χ1) is 11.9. The minimum absolute atomic E-state index is 0.0469. The highest BCUT2D eigenvalue weighted by molar-refractivity contribution is 8.00. The van der Waals surface area contributed by atoms with Crippen LogP contribution in [0.1, 0.15) is 22.7 Å². The minimum Gasteiger partial charge on any atom is -0.508 e. The molecule has 4 rings (SSSR count). The molecule has 1 aromatic heterocycles. The summed E-state index contributed by atoms with van der Waals surface area (Å²) in [6.45, 7) is 1.89. The van der Waals surface area contributed by atoms with Crippen LogP contribution in [0.25, 0.3) is 22.0 Å². The SMILES string of the molecule is CC1Sc2c(C(=O)O)c(=O)c3cc(F)c(-c4ccc(O)cc4)cc3n21. The van der Waals surface area contributed by atoms with E-state index < -0.39 is 17.2 Å². The van der Waals surface area contributed by atoms with Gasteiger partial charge in [-0.1, -0.05) is 23.9 Å². The number of thioether (sulfide) groups is 1. The third kappa shape index (κ3) is 2.23. The Morgan fingerprint density at radius 3 is 2.52 bits per heavy atom. The van der Waals surface area contributed by atoms with Gasteiger partial charge in [-0.05, 0) is 36.8 Å². The first-order valence-electron chi connectivity index (χ1n) is 7.49. The highest BCUT2D eigenvalue weighted by Gasteiger charge is 2.33. The molecule has 2 heterocycles. The third-order valence-electron chi connectivity index (χ3n) is 4.29. The highest BCUT2D eigenvalue weighted by Crippen LogP contribution is 2.46. The molecular formula is C18H12FNO4S. The number of phenols is 1. The lowest BCUT2D eigenvalue weighted by molar-refractivity contribution is 0.0689. The second-order valence-corrected chi connectivity index (χ2v) is 7.10. The molecule has 2 aromatic carbocycles. The standard InChI is InChI=1S/C18H12FNO4S/c1-8-20-14-7-11(9-2-4-10(21)5-3-9)13(19)6-12(14)16(22)15(18(23)24)17(20)25-8/h2-8,21H,1H3,(H,23,24). The summed E-state index contributed by atoms with van der Waals surface area (Å²) in [5.74, 6) is -1.86. The fourth-order valence-corrected chi connectivity index (χ4v) is 4.25. The van der Waals surface area contributed by atoms with Crippen LogP contribution < -0.4 is 5.43 Å². The molecule has 1 unspecified atom stereocenters. The molecule has 126 valence electrons. The molecule has 1 aliphatic heterocycles. The molecule has 1 aliphatic rings. The molecule has 0 amide bonds. The Morgan fingerprint density at radius 1 is 1.24 bits per heavy atom.